The predicted molar refractivity (Wildman–Crippen MR) is 91.0 cm³/mol. The molecule has 1 heterocycles. The minimum atomic E-state index is -0.374. The summed E-state index contributed by atoms with van der Waals surface area (Å²) in [6, 6.07) is 9.97. The zero-order valence-corrected chi connectivity index (χ0v) is 13.8. The van der Waals surface area contributed by atoms with E-state index < -0.39 is 0 Å². The molecular formula is C17H18ClN3O2. The maximum atomic E-state index is 12.3. The Kier molecular flexibility index (Phi) is 5.71. The Hall–Kier alpha value is -2.40. The van der Waals surface area contributed by atoms with E-state index in [1.165, 1.54) is 0 Å². The van der Waals surface area contributed by atoms with Crippen molar-refractivity contribution in [2.45, 2.75) is 20.3 Å². The Morgan fingerprint density at radius 1 is 1.13 bits per heavy atom. The van der Waals surface area contributed by atoms with Crippen molar-refractivity contribution in [2.75, 3.05) is 11.9 Å². The van der Waals surface area contributed by atoms with Gasteiger partial charge in [-0.15, -0.1) is 0 Å². The number of nitrogens with one attached hydrogen (secondary N) is 2. The van der Waals surface area contributed by atoms with Crippen molar-refractivity contribution in [1.29, 1.82) is 0 Å². The van der Waals surface area contributed by atoms with Crippen LogP contribution in [0.25, 0.3) is 0 Å². The molecule has 0 atom stereocenters. The van der Waals surface area contributed by atoms with Crippen molar-refractivity contribution in [3.05, 3.63) is 58.4 Å². The second kappa shape index (κ2) is 7.74. The number of pyridine rings is 1. The average molecular weight is 332 g/mol. The van der Waals surface area contributed by atoms with E-state index in [9.17, 15) is 9.59 Å². The fourth-order valence-corrected chi connectivity index (χ4v) is 2.20. The zero-order valence-electron chi connectivity index (χ0n) is 13.0. The number of aromatic nitrogens is 1. The van der Waals surface area contributed by atoms with Gasteiger partial charge in [0.1, 0.15) is 11.4 Å². The Labute approximate surface area is 140 Å². The predicted octanol–water partition coefficient (Wildman–Crippen LogP) is 3.44. The van der Waals surface area contributed by atoms with Gasteiger partial charge in [0, 0.05) is 17.3 Å². The molecule has 0 spiro atoms. The van der Waals surface area contributed by atoms with Gasteiger partial charge < -0.3 is 10.6 Å². The van der Waals surface area contributed by atoms with E-state index in [4.69, 9.17) is 11.6 Å². The van der Waals surface area contributed by atoms with Crippen LogP contribution in [0.4, 0.5) is 5.69 Å². The van der Waals surface area contributed by atoms with Crippen molar-refractivity contribution >= 4 is 29.1 Å². The Morgan fingerprint density at radius 3 is 2.48 bits per heavy atom. The van der Waals surface area contributed by atoms with Gasteiger partial charge in [-0.3, -0.25) is 9.59 Å². The Morgan fingerprint density at radius 2 is 1.83 bits per heavy atom. The van der Waals surface area contributed by atoms with Gasteiger partial charge in [0.05, 0.1) is 0 Å². The standard InChI is InChI=1S/C17H18ClN3O2/c1-3-9-19-16(22)14-5-4-6-15(20-14)17(23)21-13-8-7-12(18)10-11(13)2/h4-8,10H,3,9H2,1-2H3,(H,19,22)(H,21,23). The van der Waals surface area contributed by atoms with Crippen molar-refractivity contribution in [3.8, 4) is 0 Å². The molecular weight excluding hydrogens is 314 g/mol. The highest BCUT2D eigenvalue weighted by Gasteiger charge is 2.13. The van der Waals surface area contributed by atoms with Crippen molar-refractivity contribution in [2.24, 2.45) is 0 Å². The molecule has 2 rings (SSSR count). The highest BCUT2D eigenvalue weighted by atomic mass is 35.5. The van der Waals surface area contributed by atoms with Gasteiger partial charge in [-0.1, -0.05) is 24.6 Å². The summed E-state index contributed by atoms with van der Waals surface area (Å²) in [7, 11) is 0. The molecule has 0 radical (unpaired) electrons. The normalized spacial score (nSPS) is 10.2. The number of hydrogen-bond donors (Lipinski definition) is 2. The fraction of sp³-hybridized carbons (Fsp3) is 0.235. The fourth-order valence-electron chi connectivity index (χ4n) is 1.97. The van der Waals surface area contributed by atoms with Gasteiger partial charge in [-0.2, -0.15) is 0 Å². The van der Waals surface area contributed by atoms with Gasteiger partial charge >= 0.3 is 0 Å². The minimum absolute atomic E-state index is 0.184. The van der Waals surface area contributed by atoms with Crippen LogP contribution in [0.5, 0.6) is 0 Å². The first-order valence-corrected chi connectivity index (χ1v) is 7.72. The third-order valence-electron chi connectivity index (χ3n) is 3.19. The molecule has 0 saturated heterocycles. The second-order valence-corrected chi connectivity index (χ2v) is 5.51. The van der Waals surface area contributed by atoms with Crippen LogP contribution in [-0.4, -0.2) is 23.3 Å². The van der Waals surface area contributed by atoms with Crippen molar-refractivity contribution in [1.82, 2.24) is 10.3 Å². The molecule has 6 heteroatoms. The molecule has 0 fully saturated rings. The monoisotopic (exact) mass is 331 g/mol. The van der Waals surface area contributed by atoms with Gasteiger partial charge in [0.2, 0.25) is 0 Å². The van der Waals surface area contributed by atoms with Crippen LogP contribution in [0.2, 0.25) is 5.02 Å². The highest BCUT2D eigenvalue weighted by Crippen LogP contribution is 2.20. The van der Waals surface area contributed by atoms with E-state index in [1.54, 1.807) is 36.4 Å². The summed E-state index contributed by atoms with van der Waals surface area (Å²) in [5, 5.41) is 6.11. The van der Waals surface area contributed by atoms with Crippen molar-refractivity contribution < 1.29 is 9.59 Å². The van der Waals surface area contributed by atoms with Crippen LogP contribution in [0.3, 0.4) is 0 Å². The third-order valence-corrected chi connectivity index (χ3v) is 3.42. The molecule has 2 N–H and O–H groups in total. The molecule has 1 aromatic heterocycles. The van der Waals surface area contributed by atoms with E-state index >= 15 is 0 Å². The van der Waals surface area contributed by atoms with E-state index in [-0.39, 0.29) is 23.2 Å². The van der Waals surface area contributed by atoms with Crippen LogP contribution >= 0.6 is 11.6 Å². The van der Waals surface area contributed by atoms with Crippen LogP contribution in [0.15, 0.2) is 36.4 Å². The number of nitrogens with zero attached hydrogens (tertiary/aromatic N) is 1. The maximum Gasteiger partial charge on any atom is 0.274 e. The van der Waals surface area contributed by atoms with E-state index in [0.717, 1.165) is 12.0 Å². The molecule has 2 aromatic rings. The number of benzene rings is 1. The molecule has 0 aliphatic heterocycles. The molecule has 0 unspecified atom stereocenters. The lowest BCUT2D eigenvalue weighted by atomic mass is 10.2. The summed E-state index contributed by atoms with van der Waals surface area (Å²) in [6.07, 6.45) is 0.835. The quantitative estimate of drug-likeness (QED) is 0.881. The zero-order chi connectivity index (χ0) is 16.8. The summed E-state index contributed by atoms with van der Waals surface area (Å²) >= 11 is 5.90. The van der Waals surface area contributed by atoms with Crippen LogP contribution in [0.1, 0.15) is 39.9 Å². The van der Waals surface area contributed by atoms with E-state index in [0.29, 0.717) is 17.3 Å². The molecule has 2 amide bonds. The number of carbonyl (C=O) groups excluding carboxylic acids is 2. The lowest BCUT2D eigenvalue weighted by Gasteiger charge is -2.09. The van der Waals surface area contributed by atoms with Gasteiger partial charge in [-0.05, 0) is 49.2 Å². The topological polar surface area (TPSA) is 71.1 Å². The molecule has 5 nitrogen and oxygen atoms in total. The first kappa shape index (κ1) is 17.0. The van der Waals surface area contributed by atoms with Gasteiger partial charge in [0.15, 0.2) is 0 Å². The SMILES string of the molecule is CCCNC(=O)c1cccc(C(=O)Nc2ccc(Cl)cc2C)n1. The number of hydrogen-bond acceptors (Lipinski definition) is 3. The second-order valence-electron chi connectivity index (χ2n) is 5.08. The Bertz CT molecular complexity index is 732. The highest BCUT2D eigenvalue weighted by molar-refractivity contribution is 6.30. The summed E-state index contributed by atoms with van der Waals surface area (Å²) < 4.78 is 0. The molecule has 0 bridgehead atoms. The van der Waals surface area contributed by atoms with Crippen LogP contribution in [-0.2, 0) is 0 Å². The summed E-state index contributed by atoms with van der Waals surface area (Å²) in [6.45, 7) is 4.39. The summed E-state index contributed by atoms with van der Waals surface area (Å²) in [5.41, 5.74) is 1.91. The lowest BCUT2D eigenvalue weighted by molar-refractivity contribution is 0.0948. The molecule has 23 heavy (non-hydrogen) atoms. The largest absolute Gasteiger partial charge is 0.351 e. The average Bonchev–Trinajstić information content (AvgIpc) is 2.55. The smallest absolute Gasteiger partial charge is 0.274 e. The Balaban J connectivity index is 2.15. The first-order valence-electron chi connectivity index (χ1n) is 7.34. The van der Waals surface area contributed by atoms with Gasteiger partial charge in [0.25, 0.3) is 11.8 Å². The lowest BCUT2D eigenvalue weighted by Crippen LogP contribution is -2.26. The number of anilines is 1. The van der Waals surface area contributed by atoms with E-state index in [2.05, 4.69) is 15.6 Å². The molecule has 1 aromatic carbocycles. The van der Waals surface area contributed by atoms with Gasteiger partial charge in [-0.25, -0.2) is 4.98 Å². The molecule has 0 aliphatic carbocycles. The number of aryl methyl sites for hydroxylation is 1. The molecule has 120 valence electrons. The van der Waals surface area contributed by atoms with Crippen LogP contribution < -0.4 is 10.6 Å². The summed E-state index contributed by atoms with van der Waals surface area (Å²) in [4.78, 5) is 28.3. The molecule has 0 aliphatic rings. The minimum Gasteiger partial charge on any atom is -0.351 e. The number of carbonyl (C=O) groups is 2. The maximum absolute atomic E-state index is 12.3. The number of amides is 2. The molecule has 0 saturated carbocycles. The van der Waals surface area contributed by atoms with Crippen LogP contribution in [0, 0.1) is 6.92 Å². The summed E-state index contributed by atoms with van der Waals surface area (Å²) in [5.74, 6) is -0.662. The number of rotatable bonds is 5. The third kappa shape index (κ3) is 4.53. The number of halogens is 1. The van der Waals surface area contributed by atoms with Crippen molar-refractivity contribution in [3.63, 3.8) is 0 Å². The first-order chi connectivity index (χ1) is 11.0. The van der Waals surface area contributed by atoms with E-state index in [1.807, 2.05) is 13.8 Å².